The van der Waals surface area contributed by atoms with E-state index in [0.29, 0.717) is 0 Å². The summed E-state index contributed by atoms with van der Waals surface area (Å²) in [7, 11) is 0. The molecule has 92 valence electrons. The molecule has 0 unspecified atom stereocenters. The van der Waals surface area contributed by atoms with E-state index in [0.717, 1.165) is 6.26 Å². The molecule has 0 aliphatic heterocycles. The molecule has 0 aliphatic carbocycles. The monoisotopic (exact) mass is 246 g/mol. The normalized spacial score (nSPS) is 10.1. The molecule has 2 heterocycles. The van der Waals surface area contributed by atoms with E-state index >= 15 is 0 Å². The van der Waals surface area contributed by atoms with Gasteiger partial charge < -0.3 is 9.26 Å². The maximum Gasteiger partial charge on any atom is 0.361 e. The first kappa shape index (κ1) is 12.0. The number of rotatable bonds is 4. The Morgan fingerprint density at radius 2 is 2.22 bits per heavy atom. The van der Waals surface area contributed by atoms with Crippen LogP contribution in [0.25, 0.3) is 0 Å². The quantitative estimate of drug-likeness (QED) is 0.600. The summed E-state index contributed by atoms with van der Waals surface area (Å²) < 4.78 is 9.44. The first-order valence-electron chi connectivity index (χ1n) is 5.31. The van der Waals surface area contributed by atoms with E-state index in [1.165, 1.54) is 6.20 Å². The number of nitrogens with zero attached hydrogens (tertiary/aromatic N) is 2. The van der Waals surface area contributed by atoms with Crippen LogP contribution in [-0.4, -0.2) is 28.5 Å². The maximum atomic E-state index is 12.1. The third-order valence-corrected chi connectivity index (χ3v) is 2.18. The van der Waals surface area contributed by atoms with Gasteiger partial charge in [-0.1, -0.05) is 11.2 Å². The molecular formula is C12H10N2O4. The molecule has 2 rings (SSSR count). The van der Waals surface area contributed by atoms with Crippen LogP contribution in [0, 0.1) is 0 Å². The molecule has 0 aromatic carbocycles. The Morgan fingerprint density at radius 1 is 1.39 bits per heavy atom. The Balaban J connectivity index is 2.32. The minimum absolute atomic E-state index is 0.0483. The van der Waals surface area contributed by atoms with Crippen molar-refractivity contribution in [3.05, 3.63) is 47.6 Å². The van der Waals surface area contributed by atoms with Gasteiger partial charge >= 0.3 is 5.97 Å². The zero-order valence-electron chi connectivity index (χ0n) is 9.62. The minimum Gasteiger partial charge on any atom is -0.461 e. The number of ether oxygens (including phenoxy) is 1. The van der Waals surface area contributed by atoms with Gasteiger partial charge in [0.05, 0.1) is 12.2 Å². The highest BCUT2D eigenvalue weighted by Gasteiger charge is 2.24. The first-order chi connectivity index (χ1) is 8.74. The van der Waals surface area contributed by atoms with Crippen molar-refractivity contribution < 1.29 is 18.8 Å². The van der Waals surface area contributed by atoms with Gasteiger partial charge in [0, 0.05) is 6.20 Å². The Labute approximate surface area is 103 Å². The van der Waals surface area contributed by atoms with Gasteiger partial charge in [-0.15, -0.1) is 0 Å². The molecule has 0 saturated carbocycles. The molecule has 2 aromatic rings. The van der Waals surface area contributed by atoms with E-state index in [-0.39, 0.29) is 23.6 Å². The summed E-state index contributed by atoms with van der Waals surface area (Å²) in [5.74, 6) is -1.12. The fourth-order valence-electron chi connectivity index (χ4n) is 1.38. The average Bonchev–Trinajstić information content (AvgIpc) is 2.88. The number of hydrogen-bond donors (Lipinski definition) is 0. The lowest BCUT2D eigenvalue weighted by molar-refractivity contribution is 0.0512. The molecule has 0 atom stereocenters. The number of esters is 1. The topological polar surface area (TPSA) is 82.3 Å². The van der Waals surface area contributed by atoms with Crippen LogP contribution >= 0.6 is 0 Å². The van der Waals surface area contributed by atoms with Crippen molar-refractivity contribution >= 4 is 11.8 Å². The molecule has 18 heavy (non-hydrogen) atoms. The summed E-state index contributed by atoms with van der Waals surface area (Å²) in [5.41, 5.74) is 0.130. The van der Waals surface area contributed by atoms with Gasteiger partial charge in [-0.2, -0.15) is 0 Å². The van der Waals surface area contributed by atoms with E-state index in [1.54, 1.807) is 25.1 Å². The van der Waals surface area contributed by atoms with E-state index in [1.807, 2.05) is 0 Å². The SMILES string of the molecule is CCOC(=O)c1nocc1C(=O)c1ccccn1. The van der Waals surface area contributed by atoms with E-state index in [9.17, 15) is 9.59 Å². The predicted molar refractivity (Wildman–Crippen MR) is 60.1 cm³/mol. The predicted octanol–water partition coefficient (Wildman–Crippen LogP) is 1.48. The molecule has 0 bridgehead atoms. The lowest BCUT2D eigenvalue weighted by Gasteiger charge is -2.00. The van der Waals surface area contributed by atoms with Gasteiger partial charge in [0.1, 0.15) is 12.0 Å². The number of carbonyl (C=O) groups excluding carboxylic acids is 2. The highest BCUT2D eigenvalue weighted by molar-refractivity contribution is 6.12. The molecule has 0 N–H and O–H groups in total. The van der Waals surface area contributed by atoms with Crippen LogP contribution in [0.4, 0.5) is 0 Å². The molecule has 0 radical (unpaired) electrons. The van der Waals surface area contributed by atoms with Crippen molar-refractivity contribution in [2.45, 2.75) is 6.92 Å². The third-order valence-electron chi connectivity index (χ3n) is 2.18. The smallest absolute Gasteiger partial charge is 0.361 e. The Kier molecular flexibility index (Phi) is 3.47. The summed E-state index contributed by atoms with van der Waals surface area (Å²) >= 11 is 0. The summed E-state index contributed by atoms with van der Waals surface area (Å²) in [6.45, 7) is 1.86. The van der Waals surface area contributed by atoms with E-state index in [4.69, 9.17) is 4.74 Å². The van der Waals surface area contributed by atoms with Gasteiger partial charge in [-0.25, -0.2) is 4.79 Å². The summed E-state index contributed by atoms with van der Waals surface area (Å²) in [6.07, 6.45) is 2.61. The van der Waals surface area contributed by atoms with E-state index < -0.39 is 11.8 Å². The average molecular weight is 246 g/mol. The summed E-state index contributed by atoms with van der Waals surface area (Å²) in [5, 5.41) is 3.48. The first-order valence-corrected chi connectivity index (χ1v) is 5.31. The number of carbonyl (C=O) groups is 2. The number of pyridine rings is 1. The molecule has 2 aromatic heterocycles. The van der Waals surface area contributed by atoms with Crippen LogP contribution in [-0.2, 0) is 4.74 Å². The van der Waals surface area contributed by atoms with Crippen LogP contribution < -0.4 is 0 Å². The second-order valence-corrected chi connectivity index (χ2v) is 3.34. The van der Waals surface area contributed by atoms with Crippen LogP contribution in [0.2, 0.25) is 0 Å². The molecular weight excluding hydrogens is 236 g/mol. The number of ketones is 1. The van der Waals surface area contributed by atoms with Gasteiger partial charge in [0.2, 0.25) is 11.5 Å². The summed E-state index contributed by atoms with van der Waals surface area (Å²) in [4.78, 5) is 27.5. The fourth-order valence-corrected chi connectivity index (χ4v) is 1.38. The van der Waals surface area contributed by atoms with Crippen LogP contribution in [0.3, 0.4) is 0 Å². The molecule has 6 nitrogen and oxygen atoms in total. The van der Waals surface area contributed by atoms with Crippen molar-refractivity contribution in [1.82, 2.24) is 10.1 Å². The van der Waals surface area contributed by atoms with Crippen LogP contribution in [0.1, 0.15) is 33.5 Å². The second kappa shape index (κ2) is 5.22. The van der Waals surface area contributed by atoms with Gasteiger partial charge in [-0.3, -0.25) is 9.78 Å². The van der Waals surface area contributed by atoms with Gasteiger partial charge in [0.25, 0.3) is 0 Å². The maximum absolute atomic E-state index is 12.1. The van der Waals surface area contributed by atoms with Crippen molar-refractivity contribution in [3.8, 4) is 0 Å². The van der Waals surface area contributed by atoms with Crippen molar-refractivity contribution in [2.24, 2.45) is 0 Å². The van der Waals surface area contributed by atoms with Crippen LogP contribution in [0.15, 0.2) is 35.2 Å². The zero-order valence-corrected chi connectivity index (χ0v) is 9.62. The Bertz CT molecular complexity index is 562. The molecule has 0 amide bonds. The molecule has 0 fully saturated rings. The fraction of sp³-hybridized carbons (Fsp3) is 0.167. The van der Waals surface area contributed by atoms with Crippen molar-refractivity contribution in [1.29, 1.82) is 0 Å². The molecule has 0 aliphatic rings. The highest BCUT2D eigenvalue weighted by Crippen LogP contribution is 2.13. The highest BCUT2D eigenvalue weighted by atomic mass is 16.5. The van der Waals surface area contributed by atoms with Crippen LogP contribution in [0.5, 0.6) is 0 Å². The van der Waals surface area contributed by atoms with Crippen molar-refractivity contribution in [3.63, 3.8) is 0 Å². The molecule has 6 heteroatoms. The summed E-state index contributed by atoms with van der Waals surface area (Å²) in [6, 6.07) is 4.92. The second-order valence-electron chi connectivity index (χ2n) is 3.34. The molecule has 0 spiro atoms. The Morgan fingerprint density at radius 3 is 2.89 bits per heavy atom. The Hall–Kier alpha value is -2.50. The van der Waals surface area contributed by atoms with Crippen molar-refractivity contribution in [2.75, 3.05) is 6.61 Å². The largest absolute Gasteiger partial charge is 0.461 e. The number of hydrogen-bond acceptors (Lipinski definition) is 6. The lowest BCUT2D eigenvalue weighted by atomic mass is 10.1. The lowest BCUT2D eigenvalue weighted by Crippen LogP contribution is -2.12. The minimum atomic E-state index is -0.689. The van der Waals surface area contributed by atoms with Gasteiger partial charge in [-0.05, 0) is 19.1 Å². The third kappa shape index (κ3) is 2.27. The standard InChI is InChI=1S/C12H10N2O4/c1-2-17-12(16)10-8(7-18-14-10)11(15)9-5-3-4-6-13-9/h3-7H,2H2,1H3. The number of aromatic nitrogens is 2. The zero-order chi connectivity index (χ0) is 13.0. The van der Waals surface area contributed by atoms with Gasteiger partial charge in [0.15, 0.2) is 0 Å². The molecule has 0 saturated heterocycles. The van der Waals surface area contributed by atoms with E-state index in [2.05, 4.69) is 14.7 Å².